The van der Waals surface area contributed by atoms with Crippen molar-refractivity contribution in [1.82, 2.24) is 29.9 Å². The van der Waals surface area contributed by atoms with Crippen LogP contribution in [0.3, 0.4) is 0 Å². The van der Waals surface area contributed by atoms with Crippen molar-refractivity contribution in [2.75, 3.05) is 6.26 Å². The summed E-state index contributed by atoms with van der Waals surface area (Å²) in [6.07, 6.45) is 13.1. The molecule has 3 N–H and O–H groups in total. The number of benzene rings is 1. The lowest BCUT2D eigenvalue weighted by Gasteiger charge is -2.12. The second-order valence-electron chi connectivity index (χ2n) is 9.27. The van der Waals surface area contributed by atoms with Crippen LogP contribution in [-0.2, 0) is 6.54 Å². The number of nitrogens with zero attached hydrogens (tertiary/aromatic N) is 3. The van der Waals surface area contributed by atoms with E-state index in [1.54, 1.807) is 24.5 Å². The van der Waals surface area contributed by atoms with Gasteiger partial charge in [-0.3, -0.25) is 14.8 Å². The number of pyridine rings is 2. The van der Waals surface area contributed by atoms with Gasteiger partial charge in [0.1, 0.15) is 17.2 Å². The zero-order chi connectivity index (χ0) is 26.9. The molecule has 5 rings (SSSR count). The maximum atomic E-state index is 14.6. The molecule has 192 valence electrons. The zero-order valence-corrected chi connectivity index (χ0v) is 22.2. The monoisotopic (exact) mass is 524 g/mol. The van der Waals surface area contributed by atoms with Crippen molar-refractivity contribution in [1.29, 1.82) is 0 Å². The largest absolute Gasteiger partial charge is 0.338 e. The van der Waals surface area contributed by atoms with Crippen LogP contribution >= 0.6 is 9.39 Å². The van der Waals surface area contributed by atoms with Crippen LogP contribution in [0.2, 0.25) is 0 Å². The summed E-state index contributed by atoms with van der Waals surface area (Å²) in [7, 11) is -1.42. The first-order valence-electron chi connectivity index (χ1n) is 12.0. The van der Waals surface area contributed by atoms with Crippen LogP contribution in [-0.4, -0.2) is 43.1 Å². The normalized spacial score (nSPS) is 12.7. The number of allylic oxidation sites excluding steroid dienone is 5. The van der Waals surface area contributed by atoms with E-state index in [1.165, 1.54) is 6.07 Å². The van der Waals surface area contributed by atoms with Crippen LogP contribution < -0.4 is 4.72 Å². The average Bonchev–Trinajstić information content (AvgIpc) is 3.51. The topological polar surface area (TPSA) is 82.3 Å². The minimum absolute atomic E-state index is 0.298. The Labute approximate surface area is 221 Å². The molecule has 0 radical (unpaired) electrons. The molecular formula is C30H29FN6S. The van der Waals surface area contributed by atoms with Gasteiger partial charge < -0.3 is 4.98 Å². The van der Waals surface area contributed by atoms with E-state index < -0.39 is 9.39 Å². The minimum atomic E-state index is -1.42. The van der Waals surface area contributed by atoms with Crippen molar-refractivity contribution < 1.29 is 4.39 Å². The van der Waals surface area contributed by atoms with Gasteiger partial charge in [-0.2, -0.15) is 14.5 Å². The first-order valence-corrected chi connectivity index (χ1v) is 14.4. The maximum absolute atomic E-state index is 14.6. The number of hydrogen-bond donors (Lipinski definition) is 3. The Balaban J connectivity index is 1.59. The van der Waals surface area contributed by atoms with E-state index in [0.717, 1.165) is 55.6 Å². The summed E-state index contributed by atoms with van der Waals surface area (Å²) < 4.78 is 17.9. The van der Waals surface area contributed by atoms with Crippen molar-refractivity contribution in [2.45, 2.75) is 13.5 Å². The lowest BCUT2D eigenvalue weighted by Crippen LogP contribution is -2.08. The lowest BCUT2D eigenvalue weighted by atomic mass is 10.0. The third-order valence-corrected chi connectivity index (χ3v) is 6.99. The molecule has 0 fully saturated rings. The fourth-order valence-electron chi connectivity index (χ4n) is 4.35. The third-order valence-electron chi connectivity index (χ3n) is 6.15. The number of aromatic nitrogens is 5. The molecule has 4 heterocycles. The molecule has 0 bridgehead atoms. The highest BCUT2D eigenvalue weighted by Crippen LogP contribution is 2.34. The molecule has 0 aliphatic carbocycles. The van der Waals surface area contributed by atoms with E-state index in [9.17, 15) is 4.39 Å². The molecule has 0 saturated heterocycles. The second kappa shape index (κ2) is 10.2. The van der Waals surface area contributed by atoms with Gasteiger partial charge in [0.2, 0.25) is 0 Å². The number of nitrogens with one attached hydrogen (secondary N) is 3. The predicted octanol–water partition coefficient (Wildman–Crippen LogP) is 6.76. The van der Waals surface area contributed by atoms with Crippen LogP contribution in [0.1, 0.15) is 18.2 Å². The zero-order valence-electron chi connectivity index (χ0n) is 21.4. The van der Waals surface area contributed by atoms with E-state index in [0.29, 0.717) is 12.2 Å². The number of rotatable bonds is 8. The van der Waals surface area contributed by atoms with E-state index in [-0.39, 0.29) is 5.82 Å². The molecular weight excluding hydrogens is 495 g/mol. The van der Waals surface area contributed by atoms with Crippen LogP contribution in [0.25, 0.3) is 50.0 Å². The van der Waals surface area contributed by atoms with Crippen molar-refractivity contribution in [3.8, 4) is 22.5 Å². The Morgan fingerprint density at radius 3 is 2.74 bits per heavy atom. The van der Waals surface area contributed by atoms with Gasteiger partial charge in [0, 0.05) is 23.5 Å². The Hall–Kier alpha value is -4.27. The molecule has 0 unspecified atom stereocenters. The SMILES string of the molecule is C=C/C=C\C(=C/C)c1cc2c(-c3cc4c(-c5cc(F)cc(CNS(=C)(=C)C)c5)ccnc4[nH]3)n[nH]c2cn1. The number of fused-ring (bicyclic) bond motifs is 2. The number of hydrogen-bond acceptors (Lipinski definition) is 4. The van der Waals surface area contributed by atoms with Crippen LogP contribution in [0, 0.1) is 5.82 Å². The minimum Gasteiger partial charge on any atom is -0.338 e. The molecule has 5 aromatic rings. The molecule has 4 aromatic heterocycles. The highest BCUT2D eigenvalue weighted by Gasteiger charge is 2.16. The maximum Gasteiger partial charge on any atom is 0.138 e. The Morgan fingerprint density at radius 2 is 1.97 bits per heavy atom. The van der Waals surface area contributed by atoms with Crippen LogP contribution in [0.15, 0.2) is 79.7 Å². The smallest absolute Gasteiger partial charge is 0.138 e. The fraction of sp³-hybridized carbons (Fsp3) is 0.100. The lowest BCUT2D eigenvalue weighted by molar-refractivity contribution is 0.625. The Kier molecular flexibility index (Phi) is 6.84. The molecule has 0 aliphatic heterocycles. The van der Waals surface area contributed by atoms with Gasteiger partial charge in [-0.1, -0.05) is 42.6 Å². The van der Waals surface area contributed by atoms with E-state index >= 15 is 0 Å². The molecule has 0 spiro atoms. The molecule has 6 nitrogen and oxygen atoms in total. The summed E-state index contributed by atoms with van der Waals surface area (Å²) in [6, 6.07) is 11.0. The number of halogens is 1. The van der Waals surface area contributed by atoms with Gasteiger partial charge in [0.25, 0.3) is 0 Å². The van der Waals surface area contributed by atoms with Gasteiger partial charge in [0.05, 0.1) is 23.1 Å². The first kappa shape index (κ1) is 25.4. The van der Waals surface area contributed by atoms with Crippen molar-refractivity contribution in [2.24, 2.45) is 0 Å². The summed E-state index contributed by atoms with van der Waals surface area (Å²) in [5.41, 5.74) is 7.38. The molecule has 0 saturated carbocycles. The molecule has 8 heteroatoms. The quantitative estimate of drug-likeness (QED) is 0.155. The highest BCUT2D eigenvalue weighted by atomic mass is 32.2. The van der Waals surface area contributed by atoms with E-state index in [2.05, 4.69) is 48.2 Å². The molecule has 38 heavy (non-hydrogen) atoms. The predicted molar refractivity (Wildman–Crippen MR) is 162 cm³/mol. The summed E-state index contributed by atoms with van der Waals surface area (Å²) >= 11 is 0. The fourth-order valence-corrected chi connectivity index (χ4v) is 4.87. The molecule has 0 atom stereocenters. The standard InChI is InChI=1S/C30H29FN6S/c1-6-8-9-20(7-2)26-16-25-28(18-33-26)36-37-29(25)27-15-24-23(10-11-32-30(24)35-27)21-12-19(13-22(31)14-21)17-34-38(3,4)5/h6-16,18,34H,1,3-4,17H2,2,5H3,(H,32,35)(H,36,37)/b9-8-,20-7+. The number of aromatic amines is 2. The highest BCUT2D eigenvalue weighted by molar-refractivity contribution is 8.25. The van der Waals surface area contributed by atoms with Gasteiger partial charge >= 0.3 is 0 Å². The summed E-state index contributed by atoms with van der Waals surface area (Å²) in [6.45, 7) is 6.21. The van der Waals surface area contributed by atoms with Gasteiger partial charge in [-0.15, -0.1) is 0 Å². The van der Waals surface area contributed by atoms with E-state index in [1.807, 2.05) is 55.7 Å². The third kappa shape index (κ3) is 5.22. The summed E-state index contributed by atoms with van der Waals surface area (Å²) in [4.78, 5) is 12.5. The Morgan fingerprint density at radius 1 is 1.13 bits per heavy atom. The molecule has 1 aromatic carbocycles. The van der Waals surface area contributed by atoms with Crippen molar-refractivity contribution in [3.63, 3.8) is 0 Å². The molecule has 0 amide bonds. The second-order valence-corrected chi connectivity index (χ2v) is 12.1. The summed E-state index contributed by atoms with van der Waals surface area (Å²) in [5.74, 6) is 7.79. The van der Waals surface area contributed by atoms with E-state index in [4.69, 9.17) is 0 Å². The van der Waals surface area contributed by atoms with Crippen molar-refractivity contribution in [3.05, 3.63) is 96.7 Å². The van der Waals surface area contributed by atoms with Gasteiger partial charge in [-0.25, -0.2) is 9.37 Å². The van der Waals surface area contributed by atoms with Crippen molar-refractivity contribution >= 4 is 48.6 Å². The van der Waals surface area contributed by atoms with Gasteiger partial charge in [-0.05, 0) is 71.8 Å². The molecule has 0 aliphatic rings. The summed E-state index contributed by atoms with van der Waals surface area (Å²) in [5, 5.41) is 9.46. The first-order chi connectivity index (χ1) is 18.3. The van der Waals surface area contributed by atoms with Crippen LogP contribution in [0.5, 0.6) is 0 Å². The average molecular weight is 525 g/mol. The van der Waals surface area contributed by atoms with Crippen LogP contribution in [0.4, 0.5) is 4.39 Å². The number of H-pyrrole nitrogens is 2. The van der Waals surface area contributed by atoms with Gasteiger partial charge in [0.15, 0.2) is 0 Å². The Bertz CT molecular complexity index is 1840.